The third-order valence-electron chi connectivity index (χ3n) is 25.3. The Morgan fingerprint density at radius 1 is 0.272 bits per heavy atom. The van der Waals surface area contributed by atoms with Crippen molar-refractivity contribution in [1.29, 1.82) is 0 Å². The summed E-state index contributed by atoms with van der Waals surface area (Å²) in [6.07, 6.45) is -24.8. The fourth-order valence-corrected chi connectivity index (χ4v) is 20.3. The smallest absolute Gasteiger partial charge is 0.312 e. The van der Waals surface area contributed by atoms with Crippen molar-refractivity contribution in [3.05, 3.63) is 0 Å². The molecule has 14 rings (SSSR count). The van der Waals surface area contributed by atoms with Gasteiger partial charge in [-0.15, -0.1) is 0 Å². The van der Waals surface area contributed by atoms with Gasteiger partial charge in [-0.2, -0.15) is 0 Å². The Morgan fingerprint density at radius 3 is 0.718 bits per heavy atom. The fourth-order valence-electron chi connectivity index (χ4n) is 20.3. The largest absolute Gasteiger partial charge is 0.462 e. The van der Waals surface area contributed by atoms with E-state index in [1.54, 1.807) is 0 Å². The number of carbonyl (C=O) groups excluding carboxylic acids is 2. The van der Waals surface area contributed by atoms with Crippen molar-refractivity contribution in [2.24, 2.45) is 70.0 Å². The maximum atomic E-state index is 14.2. The predicted molar refractivity (Wildman–Crippen MR) is 345 cm³/mol. The van der Waals surface area contributed by atoms with Crippen LogP contribution in [0.2, 0.25) is 0 Å². The van der Waals surface area contributed by atoms with E-state index in [-0.39, 0.29) is 78.0 Å². The minimum Gasteiger partial charge on any atom is -0.462 e. The first-order chi connectivity index (χ1) is 49.4. The Hall–Kier alpha value is -2.22. The molecule has 0 radical (unpaired) electrons. The summed E-state index contributed by atoms with van der Waals surface area (Å²) in [7, 11) is 2.80. The molecular weight excluding hydrogens is 1370 g/mol. The first-order valence-electron chi connectivity index (χ1n) is 37.3. The molecule has 0 aromatic heterocycles. The Kier molecular flexibility index (Phi) is 27.3. The Morgan fingerprint density at radius 2 is 0.476 bits per heavy atom. The summed E-state index contributed by atoms with van der Waals surface area (Å²) in [6, 6.07) is 0. The van der Waals surface area contributed by atoms with Crippen LogP contribution in [0.15, 0.2) is 0 Å². The highest BCUT2D eigenvalue weighted by molar-refractivity contribution is 5.78. The second kappa shape index (κ2) is 35.0. The van der Waals surface area contributed by atoms with Gasteiger partial charge in [-0.25, -0.2) is 0 Å². The van der Waals surface area contributed by atoms with Crippen LogP contribution in [-0.2, 0) is 80.6 Å². The third kappa shape index (κ3) is 17.5. The van der Waals surface area contributed by atoms with Gasteiger partial charge in [0.15, 0.2) is 0 Å². The number of rotatable bonds is 32. The predicted octanol–water partition coefficient (Wildman–Crippen LogP) is -6.01. The molecule has 6 heterocycles. The van der Waals surface area contributed by atoms with Crippen LogP contribution in [0, 0.1) is 70.0 Å². The number of carbonyl (C=O) groups is 2. The molecule has 30 unspecified atom stereocenters. The standard InChI is InChI=1S/C70H114O33/c1-89-21-45-57(77)55(75)39(43(100-45)29-96-67(87)69-9-31-3-32(10-69)5-33(4-31)11-69)19-93-23-47-58(78)54(74)38(42(16-72)99-47)18-92-26-51-63(83)66(86)64(84)52(103-51)28-95-27-49-60(80)56(76)40(44(101-49)30-97-68(88)70-12-34-6-35(13-70)8-36(7-34)14-70)20-94-24-48-59(79)53(73)37(41(15-71)98-48)17-91-25-50-62(82)65(85)61(81)46(102-50)22-90-2/h31-66,71-86H,3-30H2,1-2H3. The lowest BCUT2D eigenvalue weighted by atomic mass is 9.49. The molecule has 0 aromatic rings. The molecule has 33 nitrogen and oxygen atoms in total. The highest BCUT2D eigenvalue weighted by atomic mass is 16.6. The molecule has 103 heavy (non-hydrogen) atoms. The van der Waals surface area contributed by atoms with E-state index in [1.807, 2.05) is 0 Å². The van der Waals surface area contributed by atoms with Crippen LogP contribution < -0.4 is 0 Å². The molecule has 30 atom stereocenters. The van der Waals surface area contributed by atoms with E-state index in [0.717, 1.165) is 57.8 Å². The number of hydrogen-bond acceptors (Lipinski definition) is 33. The van der Waals surface area contributed by atoms with Crippen LogP contribution >= 0.6 is 0 Å². The van der Waals surface area contributed by atoms with Crippen molar-refractivity contribution >= 4 is 11.9 Å². The summed E-state index contributed by atoms with van der Waals surface area (Å²) in [5.74, 6) is -2.00. The first-order valence-corrected chi connectivity index (χ1v) is 37.3. The minimum atomic E-state index is -1.80. The zero-order valence-electron chi connectivity index (χ0n) is 58.7. The van der Waals surface area contributed by atoms with Gasteiger partial charge in [0.05, 0.1) is 152 Å². The molecule has 8 saturated carbocycles. The highest BCUT2D eigenvalue weighted by Gasteiger charge is 2.59. The van der Waals surface area contributed by atoms with Crippen molar-refractivity contribution < 1.29 is 162 Å². The maximum Gasteiger partial charge on any atom is 0.312 e. The average molecular weight is 1480 g/mol. The van der Waals surface area contributed by atoms with Crippen molar-refractivity contribution in [3.63, 3.8) is 0 Å². The number of esters is 2. The number of aliphatic hydroxyl groups is 16. The topological polar surface area (TPSA) is 496 Å². The number of aliphatic hydroxyl groups excluding tert-OH is 16. The molecular formula is C70H114O33. The fraction of sp³-hybridized carbons (Fsp3) is 0.971. The van der Waals surface area contributed by atoms with Crippen molar-refractivity contribution in [3.8, 4) is 0 Å². The molecule has 0 spiro atoms. The third-order valence-corrected chi connectivity index (χ3v) is 25.3. The van der Waals surface area contributed by atoms with Crippen LogP contribution in [0.3, 0.4) is 0 Å². The molecule has 0 aromatic carbocycles. The van der Waals surface area contributed by atoms with Crippen molar-refractivity contribution in [2.75, 3.05) is 120 Å². The Bertz CT molecular complexity index is 2610. The van der Waals surface area contributed by atoms with Gasteiger partial charge < -0.3 is 153 Å². The van der Waals surface area contributed by atoms with Crippen LogP contribution in [0.1, 0.15) is 77.0 Å². The minimum absolute atomic E-state index is 0.0495. The van der Waals surface area contributed by atoms with E-state index in [4.69, 9.17) is 71.1 Å². The molecule has 6 saturated heterocycles. The second-order valence-electron chi connectivity index (χ2n) is 32.4. The molecule has 14 fully saturated rings. The molecule has 6 aliphatic heterocycles. The average Bonchev–Trinajstić information content (AvgIpc) is 0.743. The first kappa shape index (κ1) is 80.3. The van der Waals surface area contributed by atoms with Gasteiger partial charge in [0.1, 0.15) is 123 Å². The molecule has 8 bridgehead atoms. The molecule has 14 aliphatic rings. The number of ether oxygens (including phenoxy) is 15. The molecule has 8 aliphatic carbocycles. The maximum absolute atomic E-state index is 14.2. The summed E-state index contributed by atoms with van der Waals surface area (Å²) >= 11 is 0. The van der Waals surface area contributed by atoms with Crippen LogP contribution in [0.5, 0.6) is 0 Å². The molecule has 0 amide bonds. The van der Waals surface area contributed by atoms with Crippen LogP contribution in [-0.4, -0.2) is 372 Å². The van der Waals surface area contributed by atoms with Crippen molar-refractivity contribution in [2.45, 2.75) is 236 Å². The lowest BCUT2D eigenvalue weighted by Gasteiger charge is -2.55. The SMILES string of the molecule is COCC1OC(COCC2C(CO)OC(COCC3C(COC(=O)C45CC6CC(CC(C6)C4)C5)OC(COCC4OC(COCC5C(CO)OC(COCC6C(COC(=O)C78CC9CC(CC(C9)C7)C8)OC(COC)C(O)C6O)C(O)C5O)C(O)C(O)C4O)C(O)C3O)C(O)C2O)C(O)C(O)C1O. The summed E-state index contributed by atoms with van der Waals surface area (Å²) in [5, 5.41) is 177. The van der Waals surface area contributed by atoms with E-state index in [9.17, 15) is 91.3 Å². The van der Waals surface area contributed by atoms with E-state index in [0.29, 0.717) is 54.8 Å². The molecule has 16 N–H and O–H groups in total. The quantitative estimate of drug-likeness (QED) is 0.0279. The number of hydrogen-bond donors (Lipinski definition) is 16. The highest BCUT2D eigenvalue weighted by Crippen LogP contribution is 2.62. The van der Waals surface area contributed by atoms with Crippen LogP contribution in [0.25, 0.3) is 0 Å². The monoisotopic (exact) mass is 1480 g/mol. The molecule has 592 valence electrons. The summed E-state index contributed by atoms with van der Waals surface area (Å²) < 4.78 is 88.4. The van der Waals surface area contributed by atoms with E-state index in [1.165, 1.54) is 14.2 Å². The van der Waals surface area contributed by atoms with Gasteiger partial charge >= 0.3 is 11.9 Å². The van der Waals surface area contributed by atoms with Gasteiger partial charge in [0, 0.05) is 37.9 Å². The van der Waals surface area contributed by atoms with E-state index >= 15 is 0 Å². The van der Waals surface area contributed by atoms with Gasteiger partial charge in [0.25, 0.3) is 0 Å². The van der Waals surface area contributed by atoms with Gasteiger partial charge in [0.2, 0.25) is 0 Å². The second-order valence-corrected chi connectivity index (χ2v) is 32.4. The van der Waals surface area contributed by atoms with Gasteiger partial charge in [-0.05, 0) is 113 Å². The Labute approximate surface area is 598 Å². The molecule has 33 heteroatoms. The van der Waals surface area contributed by atoms with Gasteiger partial charge in [-0.1, -0.05) is 0 Å². The Balaban J connectivity index is 0.615. The lowest BCUT2D eigenvalue weighted by molar-refractivity contribution is -0.260. The summed E-state index contributed by atoms with van der Waals surface area (Å²) in [5.41, 5.74) is -1.21. The summed E-state index contributed by atoms with van der Waals surface area (Å²) in [6.45, 7) is -5.78. The van der Waals surface area contributed by atoms with E-state index < -0.39 is 233 Å². The normalized spacial score (nSPS) is 49.4. The van der Waals surface area contributed by atoms with Crippen LogP contribution in [0.4, 0.5) is 0 Å². The van der Waals surface area contributed by atoms with E-state index in [2.05, 4.69) is 0 Å². The van der Waals surface area contributed by atoms with Crippen molar-refractivity contribution in [1.82, 2.24) is 0 Å². The zero-order valence-corrected chi connectivity index (χ0v) is 58.7. The lowest BCUT2D eigenvalue weighted by Crippen LogP contribution is -2.61. The summed E-state index contributed by atoms with van der Waals surface area (Å²) in [4.78, 5) is 28.0. The number of methoxy groups -OCH3 is 2. The zero-order chi connectivity index (χ0) is 73.3. The van der Waals surface area contributed by atoms with Gasteiger partial charge in [-0.3, -0.25) is 9.59 Å².